The Morgan fingerprint density at radius 3 is 1.70 bits per heavy atom. The van der Waals surface area contributed by atoms with E-state index in [1.807, 2.05) is 36.5 Å². The molecule has 2 aromatic heterocycles. The van der Waals surface area contributed by atoms with E-state index in [-0.39, 0.29) is 43.1 Å². The van der Waals surface area contributed by atoms with Gasteiger partial charge in [-0.2, -0.15) is 12.1 Å². The number of nitrogens with zero attached hydrogens (tertiary/aromatic N) is 4. The number of aromatic nitrogens is 2. The molecule has 0 atom stereocenters. The number of ether oxygens (including phenoxy) is 1. The predicted molar refractivity (Wildman–Crippen MR) is 304 cm³/mol. The molecular weight excluding hydrogens is 1110 g/mol. The van der Waals surface area contributed by atoms with Gasteiger partial charge in [0.25, 0.3) is 0 Å². The molecule has 0 unspecified atom stereocenters. The smallest absolute Gasteiger partial charge is 0.181 e. The van der Waals surface area contributed by atoms with Crippen LogP contribution in [0.1, 0.15) is 79.0 Å². The molecule has 8 heteroatoms. The Balaban J connectivity index is 0.00000626. The fourth-order valence-corrected chi connectivity index (χ4v) is 15.5. The summed E-state index contributed by atoms with van der Waals surface area (Å²) in [7, 11) is -3.06. The third kappa shape index (κ3) is 9.09. The minimum absolute atomic E-state index is 0. The minimum atomic E-state index is -3.06. The third-order valence-electron chi connectivity index (χ3n) is 14.4. The first kappa shape index (κ1) is 50.5. The van der Waals surface area contributed by atoms with Crippen LogP contribution < -0.4 is 35.3 Å². The zero-order valence-corrected chi connectivity index (χ0v) is 46.7. The van der Waals surface area contributed by atoms with E-state index in [0.29, 0.717) is 11.5 Å². The van der Waals surface area contributed by atoms with Gasteiger partial charge in [-0.25, -0.2) is 9.37 Å². The maximum atomic E-state index is 14.9. The minimum Gasteiger partial charge on any atom is -0.509 e. The molecule has 10 aromatic rings. The topological polar surface area (TPSA) is 33.5 Å². The van der Waals surface area contributed by atoms with Crippen molar-refractivity contribution < 1.29 is 30.2 Å². The second-order valence-corrected chi connectivity index (χ2v) is 26.2. The fourth-order valence-electron chi connectivity index (χ4n) is 10.5. The van der Waals surface area contributed by atoms with Crippen LogP contribution in [0, 0.1) is 24.6 Å². The molecule has 0 bridgehead atoms. The van der Waals surface area contributed by atoms with Crippen molar-refractivity contribution in [3.63, 3.8) is 0 Å². The fraction of sp³-hybridized carbons (Fsp3) is 0.182. The Morgan fingerprint density at radius 2 is 1.11 bits per heavy atom. The van der Waals surface area contributed by atoms with Gasteiger partial charge in [-0.3, -0.25) is 0 Å². The van der Waals surface area contributed by atoms with E-state index in [0.717, 1.165) is 55.9 Å². The SMILES string of the molecule is CC(C)(C)c1cc(N2[CH-]N(c3[c-]c(Oc4[c-]c5c(cc4)c4cc(F)ccc4n5-c4cc(C(C)(C)C)ccn4)ccc3)c3cccc([Si](c4ccccc4)(c4ccccc4)c4ccccc4)c32)cc(C(C)(C)C)c1.[Pt]. The van der Waals surface area contributed by atoms with Crippen molar-refractivity contribution in [3.8, 4) is 17.3 Å². The predicted octanol–water partition coefficient (Wildman–Crippen LogP) is 14.4. The van der Waals surface area contributed by atoms with E-state index in [4.69, 9.17) is 9.72 Å². The zero-order valence-electron chi connectivity index (χ0n) is 43.4. The summed E-state index contributed by atoms with van der Waals surface area (Å²) < 4.78 is 23.7. The molecule has 0 fully saturated rings. The molecule has 1 aliphatic heterocycles. The number of fused-ring (bicyclic) bond motifs is 4. The van der Waals surface area contributed by atoms with Crippen molar-refractivity contribution in [3.05, 3.63) is 236 Å². The Bertz CT molecular complexity index is 3540. The molecule has 5 nitrogen and oxygen atoms in total. The Hall–Kier alpha value is -7.05. The second-order valence-electron chi connectivity index (χ2n) is 22.4. The first-order chi connectivity index (χ1) is 35.0. The molecule has 3 heterocycles. The molecule has 0 N–H and O–H groups in total. The molecule has 1 aliphatic rings. The molecule has 0 radical (unpaired) electrons. The van der Waals surface area contributed by atoms with Gasteiger partial charge in [-0.15, -0.1) is 48.1 Å². The number of hydrogen-bond donors (Lipinski definition) is 0. The molecule has 8 aromatic carbocycles. The summed E-state index contributed by atoms with van der Waals surface area (Å²) >= 11 is 0. The Labute approximate surface area is 451 Å². The van der Waals surface area contributed by atoms with Crippen molar-refractivity contribution in [2.75, 3.05) is 9.80 Å². The van der Waals surface area contributed by atoms with E-state index in [1.165, 1.54) is 37.9 Å². The Kier molecular flexibility index (Phi) is 13.2. The monoisotopic (exact) mass is 1170 g/mol. The summed E-state index contributed by atoms with van der Waals surface area (Å²) in [6.07, 6.45) is 1.84. The van der Waals surface area contributed by atoms with Crippen molar-refractivity contribution in [2.45, 2.75) is 78.6 Å². The van der Waals surface area contributed by atoms with Gasteiger partial charge >= 0.3 is 0 Å². The molecular formula is C66H60FN4OPtSi-3. The zero-order chi connectivity index (χ0) is 50.9. The molecule has 0 saturated carbocycles. The number of anilines is 4. The summed E-state index contributed by atoms with van der Waals surface area (Å²) in [6.45, 7) is 22.6. The van der Waals surface area contributed by atoms with Crippen LogP contribution in [0.4, 0.5) is 27.1 Å². The molecule has 0 spiro atoms. The van der Waals surface area contributed by atoms with Crippen LogP contribution in [0.3, 0.4) is 0 Å². The van der Waals surface area contributed by atoms with Crippen molar-refractivity contribution in [1.82, 2.24) is 9.55 Å². The van der Waals surface area contributed by atoms with Crippen molar-refractivity contribution in [2.24, 2.45) is 0 Å². The van der Waals surface area contributed by atoms with Crippen molar-refractivity contribution in [1.29, 1.82) is 0 Å². The summed E-state index contributed by atoms with van der Waals surface area (Å²) in [6, 6.07) is 73.6. The number of rotatable bonds is 9. The number of pyridine rings is 1. The molecule has 0 aliphatic carbocycles. The van der Waals surface area contributed by atoms with Crippen LogP contribution in [0.2, 0.25) is 0 Å². The van der Waals surface area contributed by atoms with Crippen LogP contribution in [0.15, 0.2) is 194 Å². The Morgan fingerprint density at radius 1 is 0.527 bits per heavy atom. The van der Waals surface area contributed by atoms with E-state index in [9.17, 15) is 4.39 Å². The van der Waals surface area contributed by atoms with Gasteiger partial charge in [0.05, 0.1) is 0 Å². The van der Waals surface area contributed by atoms with E-state index >= 15 is 0 Å². The largest absolute Gasteiger partial charge is 0.509 e. The normalized spacial score (nSPS) is 13.1. The summed E-state index contributed by atoms with van der Waals surface area (Å²) in [4.78, 5) is 9.52. The van der Waals surface area contributed by atoms with Gasteiger partial charge in [-0.1, -0.05) is 177 Å². The van der Waals surface area contributed by atoms with Gasteiger partial charge in [0, 0.05) is 61.3 Å². The van der Waals surface area contributed by atoms with Crippen LogP contribution in [0.25, 0.3) is 27.6 Å². The molecule has 0 amide bonds. The van der Waals surface area contributed by atoms with Crippen LogP contribution in [0.5, 0.6) is 11.5 Å². The first-order valence-electron chi connectivity index (χ1n) is 25.2. The van der Waals surface area contributed by atoms with E-state index in [1.54, 1.807) is 6.07 Å². The standard InChI is InChI=1S/C66H60FN4OSi.Pt/c1-64(2,3)45-35-36-68-62(40-45)71-58-34-31-48(67)41-57(58)56-33-32-52(43-60(56)71)72-51-22-19-21-49(42-51)69-44-70(50-38-46(65(4,5)6)37-47(39-50)66(7,8)9)63-59(69)29-20-30-61(63)73(53-23-13-10-14-24-53,54-25-15-11-16-26-54)55-27-17-12-18-28-55;/h10-41,44H,1-9H3;/q-3;. The summed E-state index contributed by atoms with van der Waals surface area (Å²) in [5.41, 5.74) is 9.04. The van der Waals surface area contributed by atoms with Crippen LogP contribution in [-0.4, -0.2) is 17.6 Å². The van der Waals surface area contributed by atoms with Gasteiger partial charge in [0.1, 0.15) is 11.6 Å². The van der Waals surface area contributed by atoms with Crippen LogP contribution >= 0.6 is 0 Å². The maximum Gasteiger partial charge on any atom is 0.181 e. The van der Waals surface area contributed by atoms with Crippen molar-refractivity contribution >= 4 is 73.4 Å². The number of para-hydroxylation sites is 1. The average Bonchev–Trinajstić information content (AvgIpc) is 3.94. The number of hydrogen-bond acceptors (Lipinski definition) is 4. The van der Waals surface area contributed by atoms with Gasteiger partial charge in [-0.05, 0) is 108 Å². The third-order valence-corrected chi connectivity index (χ3v) is 19.2. The quantitative estimate of drug-likeness (QED) is 0.0819. The second kappa shape index (κ2) is 19.3. The maximum absolute atomic E-state index is 14.9. The van der Waals surface area contributed by atoms with E-state index < -0.39 is 8.07 Å². The summed E-state index contributed by atoms with van der Waals surface area (Å²) in [5, 5.41) is 6.81. The van der Waals surface area contributed by atoms with Crippen LogP contribution in [-0.2, 0) is 37.3 Å². The van der Waals surface area contributed by atoms with E-state index in [2.05, 4.69) is 241 Å². The number of benzene rings is 8. The molecule has 0 saturated heterocycles. The van der Waals surface area contributed by atoms with Gasteiger partial charge in [0.2, 0.25) is 0 Å². The molecule has 74 heavy (non-hydrogen) atoms. The first-order valence-corrected chi connectivity index (χ1v) is 27.2. The molecule has 374 valence electrons. The van der Waals surface area contributed by atoms with Gasteiger partial charge < -0.3 is 19.1 Å². The summed E-state index contributed by atoms with van der Waals surface area (Å²) in [5.74, 6) is 1.47. The van der Waals surface area contributed by atoms with Gasteiger partial charge in [0.15, 0.2) is 8.07 Å². The average molecular weight is 1170 g/mol. The molecule has 11 rings (SSSR count). The number of halogens is 1.